The van der Waals surface area contributed by atoms with E-state index in [0.29, 0.717) is 19.4 Å². The fourth-order valence-corrected chi connectivity index (χ4v) is 1.42. The molecule has 0 atom stereocenters. The second-order valence-electron chi connectivity index (χ2n) is 3.66. The highest BCUT2D eigenvalue weighted by atomic mass is 19.1. The summed E-state index contributed by atoms with van der Waals surface area (Å²) in [5, 5.41) is 0. The molecule has 0 bridgehead atoms. The number of aryl methyl sites for hydroxylation is 1. The maximum absolute atomic E-state index is 13.1. The summed E-state index contributed by atoms with van der Waals surface area (Å²) < 4.78 is 18.6. The molecular weight excluding hydrogens is 203 g/mol. The van der Waals surface area contributed by atoms with E-state index < -0.39 is 0 Å². The molecule has 86 valence electrons. The molecule has 0 saturated carbocycles. The second-order valence-corrected chi connectivity index (χ2v) is 3.66. The number of terminal acetylenes is 1. The lowest BCUT2D eigenvalue weighted by Gasteiger charge is -2.10. The Morgan fingerprint density at radius 1 is 1.44 bits per heavy atom. The van der Waals surface area contributed by atoms with Gasteiger partial charge < -0.3 is 4.74 Å². The maximum atomic E-state index is 13.1. The minimum absolute atomic E-state index is 0.241. The molecule has 16 heavy (non-hydrogen) atoms. The quantitative estimate of drug-likeness (QED) is 0.526. The van der Waals surface area contributed by atoms with Crippen LogP contribution >= 0.6 is 0 Å². The Balaban J connectivity index is 2.69. The van der Waals surface area contributed by atoms with E-state index in [4.69, 9.17) is 11.2 Å². The number of benzene rings is 1. The van der Waals surface area contributed by atoms with Crippen LogP contribution in [0.5, 0.6) is 5.75 Å². The Kier molecular flexibility index (Phi) is 5.42. The summed E-state index contributed by atoms with van der Waals surface area (Å²) in [5.41, 5.74) is 0.856. The molecule has 0 aliphatic rings. The standard InChI is InChI=1S/C14H17FO/c1-3-5-7-12-11-13(15)8-9-14(12)16-10-6-4-2/h1,8-9,11H,4-7,10H2,2H3. The van der Waals surface area contributed by atoms with Crippen molar-refractivity contribution in [3.63, 3.8) is 0 Å². The van der Waals surface area contributed by atoms with Gasteiger partial charge in [-0.15, -0.1) is 12.3 Å². The molecule has 0 unspecified atom stereocenters. The van der Waals surface area contributed by atoms with Gasteiger partial charge in [0.25, 0.3) is 0 Å². The molecule has 0 saturated heterocycles. The van der Waals surface area contributed by atoms with Crippen molar-refractivity contribution in [1.82, 2.24) is 0 Å². The Hall–Kier alpha value is -1.49. The highest BCUT2D eigenvalue weighted by Gasteiger charge is 2.04. The fourth-order valence-electron chi connectivity index (χ4n) is 1.42. The molecule has 1 aromatic carbocycles. The molecule has 0 N–H and O–H groups in total. The van der Waals surface area contributed by atoms with Crippen molar-refractivity contribution in [1.29, 1.82) is 0 Å². The lowest BCUT2D eigenvalue weighted by atomic mass is 10.1. The van der Waals surface area contributed by atoms with Gasteiger partial charge in [0.1, 0.15) is 11.6 Å². The van der Waals surface area contributed by atoms with Crippen molar-refractivity contribution in [3.05, 3.63) is 29.6 Å². The molecule has 0 aliphatic carbocycles. The molecule has 0 heterocycles. The van der Waals surface area contributed by atoms with Gasteiger partial charge in [-0.1, -0.05) is 13.3 Å². The minimum Gasteiger partial charge on any atom is -0.493 e. The van der Waals surface area contributed by atoms with Crippen LogP contribution in [0.15, 0.2) is 18.2 Å². The van der Waals surface area contributed by atoms with E-state index in [1.54, 1.807) is 6.07 Å². The van der Waals surface area contributed by atoms with Crippen LogP contribution in [-0.4, -0.2) is 6.61 Å². The normalized spacial score (nSPS) is 9.81. The Labute approximate surface area is 96.6 Å². The van der Waals surface area contributed by atoms with Crippen molar-refractivity contribution in [3.8, 4) is 18.1 Å². The molecule has 0 amide bonds. The molecule has 0 spiro atoms. The maximum Gasteiger partial charge on any atom is 0.123 e. The van der Waals surface area contributed by atoms with E-state index in [-0.39, 0.29) is 5.82 Å². The number of halogens is 1. The second kappa shape index (κ2) is 6.90. The van der Waals surface area contributed by atoms with Crippen molar-refractivity contribution in [2.75, 3.05) is 6.61 Å². The third kappa shape index (κ3) is 3.94. The minimum atomic E-state index is -0.241. The Morgan fingerprint density at radius 2 is 2.25 bits per heavy atom. The van der Waals surface area contributed by atoms with Crippen LogP contribution in [0, 0.1) is 18.2 Å². The summed E-state index contributed by atoms with van der Waals surface area (Å²) in [7, 11) is 0. The predicted octanol–water partition coefficient (Wildman–Crippen LogP) is 3.57. The summed E-state index contributed by atoms with van der Waals surface area (Å²) in [6.45, 7) is 2.78. The van der Waals surface area contributed by atoms with E-state index in [1.165, 1.54) is 12.1 Å². The molecule has 0 radical (unpaired) electrons. The SMILES string of the molecule is C#CCCc1cc(F)ccc1OCCCC. The number of hydrogen-bond acceptors (Lipinski definition) is 1. The lowest BCUT2D eigenvalue weighted by molar-refractivity contribution is 0.306. The summed E-state index contributed by atoms with van der Waals surface area (Å²) >= 11 is 0. The van der Waals surface area contributed by atoms with Gasteiger partial charge in [0, 0.05) is 6.42 Å². The monoisotopic (exact) mass is 220 g/mol. The van der Waals surface area contributed by atoms with Crippen LogP contribution in [0.2, 0.25) is 0 Å². The van der Waals surface area contributed by atoms with Gasteiger partial charge in [-0.05, 0) is 36.6 Å². The third-order valence-electron chi connectivity index (χ3n) is 2.32. The molecule has 1 nitrogen and oxygen atoms in total. The highest BCUT2D eigenvalue weighted by molar-refractivity contribution is 5.34. The smallest absolute Gasteiger partial charge is 0.123 e. The zero-order valence-corrected chi connectivity index (χ0v) is 9.63. The van der Waals surface area contributed by atoms with Crippen LogP contribution in [0.4, 0.5) is 4.39 Å². The van der Waals surface area contributed by atoms with Gasteiger partial charge >= 0.3 is 0 Å². The number of rotatable bonds is 6. The van der Waals surface area contributed by atoms with Crippen LogP contribution in [0.3, 0.4) is 0 Å². The molecular formula is C14H17FO. The van der Waals surface area contributed by atoms with E-state index in [9.17, 15) is 4.39 Å². The van der Waals surface area contributed by atoms with E-state index in [2.05, 4.69) is 12.8 Å². The molecule has 1 rings (SSSR count). The van der Waals surface area contributed by atoms with Gasteiger partial charge in [-0.2, -0.15) is 0 Å². The number of unbranched alkanes of at least 4 members (excludes halogenated alkanes) is 1. The molecule has 2 heteroatoms. The van der Waals surface area contributed by atoms with E-state index >= 15 is 0 Å². The van der Waals surface area contributed by atoms with Gasteiger partial charge in [0.05, 0.1) is 6.61 Å². The zero-order valence-electron chi connectivity index (χ0n) is 9.63. The Bertz CT molecular complexity index is 365. The molecule has 0 aliphatic heterocycles. The van der Waals surface area contributed by atoms with Gasteiger partial charge in [-0.25, -0.2) is 4.39 Å². The predicted molar refractivity (Wildman–Crippen MR) is 64.0 cm³/mol. The lowest BCUT2D eigenvalue weighted by Crippen LogP contribution is -2.00. The first kappa shape index (κ1) is 12.6. The molecule has 0 aromatic heterocycles. The summed E-state index contributed by atoms with van der Waals surface area (Å²) in [4.78, 5) is 0. The summed E-state index contributed by atoms with van der Waals surface area (Å²) in [6, 6.07) is 4.59. The van der Waals surface area contributed by atoms with E-state index in [1.807, 2.05) is 0 Å². The average molecular weight is 220 g/mol. The molecule has 0 fully saturated rings. The number of hydrogen-bond donors (Lipinski definition) is 0. The molecule has 1 aromatic rings. The van der Waals surface area contributed by atoms with Gasteiger partial charge in [0.15, 0.2) is 0 Å². The van der Waals surface area contributed by atoms with Gasteiger partial charge in [-0.3, -0.25) is 0 Å². The first-order valence-electron chi connectivity index (χ1n) is 5.62. The largest absolute Gasteiger partial charge is 0.493 e. The van der Waals surface area contributed by atoms with Crippen LogP contribution in [0.1, 0.15) is 31.7 Å². The van der Waals surface area contributed by atoms with E-state index in [0.717, 1.165) is 24.2 Å². The first-order chi connectivity index (χ1) is 7.77. The Morgan fingerprint density at radius 3 is 2.94 bits per heavy atom. The zero-order chi connectivity index (χ0) is 11.8. The van der Waals surface area contributed by atoms with Gasteiger partial charge in [0.2, 0.25) is 0 Å². The fraction of sp³-hybridized carbons (Fsp3) is 0.429. The average Bonchev–Trinajstić information content (AvgIpc) is 2.29. The summed E-state index contributed by atoms with van der Waals surface area (Å²) in [6.07, 6.45) is 8.56. The van der Waals surface area contributed by atoms with Crippen molar-refractivity contribution >= 4 is 0 Å². The van der Waals surface area contributed by atoms with Crippen LogP contribution in [-0.2, 0) is 6.42 Å². The topological polar surface area (TPSA) is 9.23 Å². The summed E-state index contributed by atoms with van der Waals surface area (Å²) in [5.74, 6) is 3.07. The van der Waals surface area contributed by atoms with Crippen molar-refractivity contribution < 1.29 is 9.13 Å². The number of ether oxygens (including phenoxy) is 1. The van der Waals surface area contributed by atoms with Crippen LogP contribution in [0.25, 0.3) is 0 Å². The van der Waals surface area contributed by atoms with Crippen molar-refractivity contribution in [2.24, 2.45) is 0 Å². The highest BCUT2D eigenvalue weighted by Crippen LogP contribution is 2.21. The first-order valence-corrected chi connectivity index (χ1v) is 5.62. The van der Waals surface area contributed by atoms with Crippen LogP contribution < -0.4 is 4.74 Å². The van der Waals surface area contributed by atoms with Crippen molar-refractivity contribution in [2.45, 2.75) is 32.6 Å². The third-order valence-corrected chi connectivity index (χ3v) is 2.32.